The number of thiophene rings is 1. The Bertz CT molecular complexity index is 677. The number of aliphatic carboxylic acids is 1. The van der Waals surface area contributed by atoms with E-state index < -0.39 is 11.9 Å². The van der Waals surface area contributed by atoms with E-state index in [0.29, 0.717) is 5.13 Å². The molecule has 0 aliphatic carbocycles. The van der Waals surface area contributed by atoms with Gasteiger partial charge in [0.1, 0.15) is 0 Å². The molecule has 3 heterocycles. The molecule has 1 aliphatic heterocycles. The van der Waals surface area contributed by atoms with Crippen molar-refractivity contribution in [3.05, 3.63) is 22.4 Å². The average Bonchev–Trinajstić information content (AvgIpc) is 3.07. The van der Waals surface area contributed by atoms with Crippen LogP contribution in [0.5, 0.6) is 0 Å². The summed E-state index contributed by atoms with van der Waals surface area (Å²) in [7, 11) is 0. The number of carbonyl (C=O) groups excluding carboxylic acids is 1. The lowest BCUT2D eigenvalue weighted by Crippen LogP contribution is -2.25. The molecule has 1 saturated heterocycles. The maximum absolute atomic E-state index is 11.9. The third kappa shape index (κ3) is 2.34. The lowest BCUT2D eigenvalue weighted by molar-refractivity contribution is -0.141. The highest BCUT2D eigenvalue weighted by atomic mass is 32.1. The SMILES string of the molecule is Cc1ccc(-c2csc(N3CC(C(=O)O)CC3=O)n2)s1. The van der Waals surface area contributed by atoms with Crippen LogP contribution in [-0.4, -0.2) is 28.5 Å². The molecule has 1 atom stereocenters. The number of hydrogen-bond acceptors (Lipinski definition) is 5. The number of thiazole rings is 1. The topological polar surface area (TPSA) is 70.5 Å². The number of nitrogens with zero attached hydrogens (tertiary/aromatic N) is 2. The molecule has 3 rings (SSSR count). The van der Waals surface area contributed by atoms with E-state index in [9.17, 15) is 9.59 Å². The Morgan fingerprint density at radius 1 is 1.50 bits per heavy atom. The van der Waals surface area contributed by atoms with Crippen molar-refractivity contribution in [2.45, 2.75) is 13.3 Å². The fraction of sp³-hybridized carbons (Fsp3) is 0.308. The molecule has 0 bridgehead atoms. The Morgan fingerprint density at radius 2 is 2.30 bits per heavy atom. The van der Waals surface area contributed by atoms with E-state index >= 15 is 0 Å². The van der Waals surface area contributed by atoms with Crippen LogP contribution in [-0.2, 0) is 9.59 Å². The number of carboxylic acids is 1. The van der Waals surface area contributed by atoms with E-state index in [4.69, 9.17) is 5.11 Å². The van der Waals surface area contributed by atoms with E-state index in [0.717, 1.165) is 10.6 Å². The van der Waals surface area contributed by atoms with Crippen molar-refractivity contribution >= 4 is 39.7 Å². The van der Waals surface area contributed by atoms with Gasteiger partial charge in [-0.1, -0.05) is 0 Å². The van der Waals surface area contributed by atoms with Crippen molar-refractivity contribution in [1.29, 1.82) is 0 Å². The summed E-state index contributed by atoms with van der Waals surface area (Å²) in [6.45, 7) is 2.24. The Labute approximate surface area is 123 Å². The maximum atomic E-state index is 11.9. The molecule has 7 heteroatoms. The molecule has 0 radical (unpaired) electrons. The molecule has 0 spiro atoms. The van der Waals surface area contributed by atoms with Crippen molar-refractivity contribution in [2.24, 2.45) is 5.92 Å². The zero-order valence-corrected chi connectivity index (χ0v) is 12.3. The normalized spacial score (nSPS) is 18.8. The number of aryl methyl sites for hydroxylation is 1. The van der Waals surface area contributed by atoms with Crippen molar-refractivity contribution in [1.82, 2.24) is 4.98 Å². The highest BCUT2D eigenvalue weighted by molar-refractivity contribution is 7.17. The van der Waals surface area contributed by atoms with Crippen LogP contribution in [0.3, 0.4) is 0 Å². The smallest absolute Gasteiger partial charge is 0.308 e. The van der Waals surface area contributed by atoms with E-state index in [-0.39, 0.29) is 18.9 Å². The molecule has 20 heavy (non-hydrogen) atoms. The summed E-state index contributed by atoms with van der Waals surface area (Å²) < 4.78 is 0. The first-order chi connectivity index (χ1) is 9.54. The quantitative estimate of drug-likeness (QED) is 0.946. The van der Waals surface area contributed by atoms with E-state index in [1.54, 1.807) is 11.3 Å². The first-order valence-electron chi connectivity index (χ1n) is 6.10. The lowest BCUT2D eigenvalue weighted by atomic mass is 10.1. The number of carboxylic acid groups (broad SMARTS) is 1. The Balaban J connectivity index is 1.84. The van der Waals surface area contributed by atoms with Crippen LogP contribution in [0.2, 0.25) is 0 Å². The fourth-order valence-corrected chi connectivity index (χ4v) is 3.89. The van der Waals surface area contributed by atoms with Gasteiger partial charge >= 0.3 is 5.97 Å². The second kappa shape index (κ2) is 4.99. The predicted molar refractivity (Wildman–Crippen MR) is 78.3 cm³/mol. The van der Waals surface area contributed by atoms with Gasteiger partial charge in [0.05, 0.1) is 16.5 Å². The minimum atomic E-state index is -0.925. The minimum Gasteiger partial charge on any atom is -0.481 e. The maximum Gasteiger partial charge on any atom is 0.308 e. The molecule has 1 fully saturated rings. The Kier molecular flexibility index (Phi) is 3.31. The number of anilines is 1. The van der Waals surface area contributed by atoms with Gasteiger partial charge in [-0.05, 0) is 19.1 Å². The summed E-state index contributed by atoms with van der Waals surface area (Å²) in [6, 6.07) is 4.03. The molecule has 1 unspecified atom stereocenters. The van der Waals surface area contributed by atoms with Crippen LogP contribution in [0, 0.1) is 12.8 Å². The van der Waals surface area contributed by atoms with Crippen LogP contribution in [0.15, 0.2) is 17.5 Å². The van der Waals surface area contributed by atoms with Crippen LogP contribution in [0.1, 0.15) is 11.3 Å². The van der Waals surface area contributed by atoms with Gasteiger partial charge in [-0.25, -0.2) is 4.98 Å². The summed E-state index contributed by atoms with van der Waals surface area (Å²) in [5.41, 5.74) is 0.842. The third-order valence-electron chi connectivity index (χ3n) is 3.19. The van der Waals surface area contributed by atoms with Crippen LogP contribution < -0.4 is 4.90 Å². The van der Waals surface area contributed by atoms with Crippen molar-refractivity contribution in [3.63, 3.8) is 0 Å². The molecule has 1 N–H and O–H groups in total. The molecule has 104 valence electrons. The molecular weight excluding hydrogens is 296 g/mol. The average molecular weight is 308 g/mol. The first kappa shape index (κ1) is 13.3. The van der Waals surface area contributed by atoms with Crippen molar-refractivity contribution in [2.75, 3.05) is 11.4 Å². The number of hydrogen-bond donors (Lipinski definition) is 1. The standard InChI is InChI=1S/C13H12N2O3S2/c1-7-2-3-10(20-7)9-6-19-13(14-9)15-5-8(12(17)18)4-11(15)16/h2-3,6,8H,4-5H2,1H3,(H,17,18). The second-order valence-corrected chi connectivity index (χ2v) is 6.79. The Morgan fingerprint density at radius 3 is 2.90 bits per heavy atom. The molecule has 2 aromatic rings. The van der Waals surface area contributed by atoms with Gasteiger partial charge in [0.15, 0.2) is 5.13 Å². The zero-order chi connectivity index (χ0) is 14.3. The second-order valence-electron chi connectivity index (χ2n) is 4.67. The van der Waals surface area contributed by atoms with E-state index in [1.807, 2.05) is 24.4 Å². The van der Waals surface area contributed by atoms with Gasteiger partial charge in [0.2, 0.25) is 5.91 Å². The van der Waals surface area contributed by atoms with E-state index in [1.165, 1.54) is 21.1 Å². The molecular formula is C13H12N2O3S2. The predicted octanol–water partition coefficient (Wildman–Crippen LogP) is 2.62. The fourth-order valence-electron chi connectivity index (χ4n) is 2.13. The van der Waals surface area contributed by atoms with Gasteiger partial charge in [0.25, 0.3) is 0 Å². The van der Waals surface area contributed by atoms with Gasteiger partial charge in [0, 0.05) is 23.2 Å². The number of rotatable bonds is 3. The molecule has 1 amide bonds. The monoisotopic (exact) mass is 308 g/mol. The number of carbonyl (C=O) groups is 2. The molecule has 5 nitrogen and oxygen atoms in total. The van der Waals surface area contributed by atoms with E-state index in [2.05, 4.69) is 4.98 Å². The van der Waals surface area contributed by atoms with Crippen molar-refractivity contribution in [3.8, 4) is 10.6 Å². The van der Waals surface area contributed by atoms with Gasteiger partial charge in [-0.15, -0.1) is 22.7 Å². The highest BCUT2D eigenvalue weighted by Gasteiger charge is 2.36. The highest BCUT2D eigenvalue weighted by Crippen LogP contribution is 2.34. The lowest BCUT2D eigenvalue weighted by Gasteiger charge is -2.11. The molecule has 1 aliphatic rings. The van der Waals surface area contributed by atoms with Crippen molar-refractivity contribution < 1.29 is 14.7 Å². The molecule has 0 aromatic carbocycles. The molecule has 0 saturated carbocycles. The van der Waals surface area contributed by atoms with Gasteiger partial charge in [-0.2, -0.15) is 0 Å². The van der Waals surface area contributed by atoms with Gasteiger partial charge < -0.3 is 5.11 Å². The summed E-state index contributed by atoms with van der Waals surface area (Å²) in [4.78, 5) is 31.0. The Hall–Kier alpha value is -1.73. The largest absolute Gasteiger partial charge is 0.481 e. The number of aromatic nitrogens is 1. The summed E-state index contributed by atoms with van der Waals surface area (Å²) in [5.74, 6) is -1.72. The van der Waals surface area contributed by atoms with Crippen LogP contribution in [0.4, 0.5) is 5.13 Å². The first-order valence-corrected chi connectivity index (χ1v) is 7.79. The van der Waals surface area contributed by atoms with Gasteiger partial charge in [-0.3, -0.25) is 14.5 Å². The van der Waals surface area contributed by atoms with Crippen LogP contribution >= 0.6 is 22.7 Å². The molecule has 2 aromatic heterocycles. The van der Waals surface area contributed by atoms with Crippen LogP contribution in [0.25, 0.3) is 10.6 Å². The number of amides is 1. The summed E-state index contributed by atoms with van der Waals surface area (Å²) in [6.07, 6.45) is 0.0579. The minimum absolute atomic E-state index is 0.0579. The third-order valence-corrected chi connectivity index (χ3v) is 5.08. The summed E-state index contributed by atoms with van der Waals surface area (Å²) in [5, 5.41) is 11.5. The zero-order valence-electron chi connectivity index (χ0n) is 10.7. The summed E-state index contributed by atoms with van der Waals surface area (Å²) >= 11 is 3.03.